The minimum Gasteiger partial charge on any atom is -0.482 e. The van der Waals surface area contributed by atoms with Gasteiger partial charge in [0.15, 0.2) is 6.61 Å². The van der Waals surface area contributed by atoms with Gasteiger partial charge in [0.25, 0.3) is 5.91 Å². The summed E-state index contributed by atoms with van der Waals surface area (Å²) in [6, 6.07) is 6.92. The summed E-state index contributed by atoms with van der Waals surface area (Å²) in [4.78, 5) is 23.4. The topological polar surface area (TPSA) is 97.3 Å². The van der Waals surface area contributed by atoms with Crippen LogP contribution in [-0.2, 0) is 11.3 Å². The number of urea groups is 1. The van der Waals surface area contributed by atoms with E-state index in [9.17, 15) is 9.59 Å². The van der Waals surface area contributed by atoms with Gasteiger partial charge in [-0.3, -0.25) is 9.48 Å². The van der Waals surface area contributed by atoms with Gasteiger partial charge in [0.05, 0.1) is 11.7 Å². The number of ether oxygens (including phenoxy) is 1. The van der Waals surface area contributed by atoms with Crippen LogP contribution in [0.3, 0.4) is 0 Å². The number of carbonyl (C=O) groups is 2. The minimum atomic E-state index is -0.231. The monoisotopic (exact) mass is 343 g/mol. The van der Waals surface area contributed by atoms with Crippen LogP contribution in [0.1, 0.15) is 24.9 Å². The Kier molecular flexibility index (Phi) is 5.17. The van der Waals surface area contributed by atoms with Crippen molar-refractivity contribution in [3.8, 4) is 5.75 Å². The maximum atomic E-state index is 12.0. The predicted octanol–water partition coefficient (Wildman–Crippen LogP) is 1.66. The second-order valence-electron chi connectivity index (χ2n) is 5.84. The summed E-state index contributed by atoms with van der Waals surface area (Å²) in [5.74, 6) is 0.457. The molecule has 1 aliphatic rings. The van der Waals surface area contributed by atoms with Crippen LogP contribution in [-0.4, -0.2) is 34.9 Å². The van der Waals surface area contributed by atoms with E-state index < -0.39 is 0 Å². The predicted molar refractivity (Wildman–Crippen MR) is 92.4 cm³/mol. The molecule has 0 bridgehead atoms. The molecule has 3 N–H and O–H groups in total. The van der Waals surface area contributed by atoms with Crippen LogP contribution in [0.2, 0.25) is 0 Å². The van der Waals surface area contributed by atoms with Crippen LogP contribution >= 0.6 is 0 Å². The molecule has 1 aromatic heterocycles. The van der Waals surface area contributed by atoms with Crippen LogP contribution in [0.5, 0.6) is 5.75 Å². The first-order valence-corrected chi connectivity index (χ1v) is 8.20. The molecule has 0 unspecified atom stereocenters. The maximum Gasteiger partial charge on any atom is 0.315 e. The molecule has 0 aliphatic carbocycles. The maximum absolute atomic E-state index is 12.0. The molecular formula is C17H21N5O3. The Labute approximate surface area is 145 Å². The van der Waals surface area contributed by atoms with E-state index in [1.807, 2.05) is 36.0 Å². The molecule has 0 saturated heterocycles. The van der Waals surface area contributed by atoms with E-state index in [-0.39, 0.29) is 24.6 Å². The van der Waals surface area contributed by atoms with Gasteiger partial charge in [-0.2, -0.15) is 5.10 Å². The summed E-state index contributed by atoms with van der Waals surface area (Å²) in [6.07, 6.45) is 4.42. The number of anilines is 1. The average molecular weight is 343 g/mol. The third kappa shape index (κ3) is 4.50. The Morgan fingerprint density at radius 2 is 2.36 bits per heavy atom. The number of rotatable bonds is 6. The number of amides is 3. The molecular weight excluding hydrogens is 322 g/mol. The summed E-state index contributed by atoms with van der Waals surface area (Å²) in [6.45, 7) is 3.23. The molecule has 1 aromatic carbocycles. The number of carbonyl (C=O) groups excluding carboxylic acids is 2. The summed E-state index contributed by atoms with van der Waals surface area (Å²) >= 11 is 0. The first-order chi connectivity index (χ1) is 12.1. The van der Waals surface area contributed by atoms with Crippen molar-refractivity contribution in [2.75, 3.05) is 18.5 Å². The second-order valence-corrected chi connectivity index (χ2v) is 5.84. The summed E-state index contributed by atoms with van der Waals surface area (Å²) in [5, 5.41) is 12.6. The average Bonchev–Trinajstić information content (AvgIpc) is 3.11. The Morgan fingerprint density at radius 1 is 1.48 bits per heavy atom. The van der Waals surface area contributed by atoms with Crippen LogP contribution in [0.15, 0.2) is 36.7 Å². The zero-order chi connectivity index (χ0) is 17.6. The Balaban J connectivity index is 1.46. The van der Waals surface area contributed by atoms with Crippen molar-refractivity contribution in [1.82, 2.24) is 20.4 Å². The lowest BCUT2D eigenvalue weighted by Crippen LogP contribution is -2.37. The van der Waals surface area contributed by atoms with Crippen molar-refractivity contribution in [2.45, 2.75) is 25.9 Å². The van der Waals surface area contributed by atoms with Crippen molar-refractivity contribution in [1.29, 1.82) is 0 Å². The molecule has 8 heteroatoms. The van der Waals surface area contributed by atoms with Crippen molar-refractivity contribution in [3.05, 3.63) is 42.2 Å². The van der Waals surface area contributed by atoms with E-state index in [4.69, 9.17) is 4.74 Å². The van der Waals surface area contributed by atoms with Crippen molar-refractivity contribution >= 4 is 17.6 Å². The highest BCUT2D eigenvalue weighted by molar-refractivity contribution is 5.95. The van der Waals surface area contributed by atoms with Crippen LogP contribution in [0, 0.1) is 0 Å². The van der Waals surface area contributed by atoms with E-state index in [2.05, 4.69) is 21.0 Å². The lowest BCUT2D eigenvalue weighted by Gasteiger charge is -2.21. The molecule has 0 radical (unpaired) electrons. The lowest BCUT2D eigenvalue weighted by atomic mass is 10.1. The zero-order valence-corrected chi connectivity index (χ0v) is 14.0. The first kappa shape index (κ1) is 16.8. The van der Waals surface area contributed by atoms with E-state index in [1.165, 1.54) is 0 Å². The third-order valence-corrected chi connectivity index (χ3v) is 3.89. The van der Waals surface area contributed by atoms with Gasteiger partial charge >= 0.3 is 6.03 Å². The molecule has 0 fully saturated rings. The fourth-order valence-corrected chi connectivity index (χ4v) is 2.58. The van der Waals surface area contributed by atoms with Crippen LogP contribution < -0.4 is 20.7 Å². The highest BCUT2D eigenvalue weighted by Crippen LogP contribution is 2.30. The number of nitrogens with zero attached hydrogens (tertiary/aromatic N) is 2. The van der Waals surface area contributed by atoms with Crippen molar-refractivity contribution in [2.24, 2.45) is 0 Å². The van der Waals surface area contributed by atoms with Gasteiger partial charge in [-0.15, -0.1) is 0 Å². The van der Waals surface area contributed by atoms with Gasteiger partial charge in [0.2, 0.25) is 0 Å². The van der Waals surface area contributed by atoms with E-state index in [0.717, 1.165) is 18.5 Å². The van der Waals surface area contributed by atoms with Gasteiger partial charge in [-0.05, 0) is 37.1 Å². The number of aromatic nitrogens is 2. The first-order valence-electron chi connectivity index (χ1n) is 8.20. The fraction of sp³-hybridized carbons (Fsp3) is 0.353. The summed E-state index contributed by atoms with van der Waals surface area (Å²) in [7, 11) is 0. The van der Waals surface area contributed by atoms with Gasteiger partial charge in [0, 0.05) is 25.5 Å². The number of fused-ring (bicyclic) bond motifs is 1. The standard InChI is InChI=1S/C17H21N5O3/c1-12(13-4-5-15-14(10-13)21-16(23)11-25-15)20-17(24)18-6-2-8-22-9-3-7-19-22/h3-5,7,9-10,12H,2,6,8,11H2,1H3,(H,21,23)(H2,18,20,24)/t12-/m1/s1. The van der Waals surface area contributed by atoms with Crippen molar-refractivity contribution in [3.63, 3.8) is 0 Å². The van der Waals surface area contributed by atoms with E-state index >= 15 is 0 Å². The quantitative estimate of drug-likeness (QED) is 0.695. The highest BCUT2D eigenvalue weighted by Gasteiger charge is 2.18. The number of hydrogen-bond donors (Lipinski definition) is 3. The second kappa shape index (κ2) is 7.69. The van der Waals surface area contributed by atoms with Gasteiger partial charge < -0.3 is 20.7 Å². The smallest absolute Gasteiger partial charge is 0.315 e. The van der Waals surface area contributed by atoms with Gasteiger partial charge in [-0.25, -0.2) is 4.79 Å². The summed E-state index contributed by atoms with van der Waals surface area (Å²) < 4.78 is 7.15. The Bertz CT molecular complexity index is 745. The normalized spacial score (nSPS) is 14.0. The lowest BCUT2D eigenvalue weighted by molar-refractivity contribution is -0.118. The van der Waals surface area contributed by atoms with Crippen LogP contribution in [0.4, 0.5) is 10.5 Å². The molecule has 8 nitrogen and oxygen atoms in total. The molecule has 2 heterocycles. The molecule has 1 atom stereocenters. The number of aryl methyl sites for hydroxylation is 1. The minimum absolute atomic E-state index is 0.0289. The molecule has 3 amide bonds. The zero-order valence-electron chi connectivity index (χ0n) is 14.0. The number of nitrogens with one attached hydrogen (secondary N) is 3. The number of benzene rings is 1. The molecule has 0 spiro atoms. The molecule has 25 heavy (non-hydrogen) atoms. The fourth-order valence-electron chi connectivity index (χ4n) is 2.58. The van der Waals surface area contributed by atoms with Crippen molar-refractivity contribution < 1.29 is 14.3 Å². The molecule has 1 aliphatic heterocycles. The summed E-state index contributed by atoms with van der Waals surface area (Å²) in [5.41, 5.74) is 1.51. The van der Waals surface area contributed by atoms with Gasteiger partial charge in [0.1, 0.15) is 5.75 Å². The largest absolute Gasteiger partial charge is 0.482 e. The van der Waals surface area contributed by atoms with Gasteiger partial charge in [-0.1, -0.05) is 6.07 Å². The third-order valence-electron chi connectivity index (χ3n) is 3.89. The van der Waals surface area contributed by atoms with E-state index in [1.54, 1.807) is 12.3 Å². The molecule has 132 valence electrons. The molecule has 2 aromatic rings. The highest BCUT2D eigenvalue weighted by atomic mass is 16.5. The molecule has 0 saturated carbocycles. The van der Waals surface area contributed by atoms with E-state index in [0.29, 0.717) is 18.0 Å². The Hall–Kier alpha value is -3.03. The van der Waals surface area contributed by atoms with Crippen LogP contribution in [0.25, 0.3) is 0 Å². The SMILES string of the molecule is C[C@@H](NC(=O)NCCCn1cccn1)c1ccc2c(c1)NC(=O)CO2. The number of hydrogen-bond acceptors (Lipinski definition) is 4. The Morgan fingerprint density at radius 3 is 3.16 bits per heavy atom. The molecule has 3 rings (SSSR count).